The molecule has 11 nitrogen and oxygen atoms in total. The van der Waals surface area contributed by atoms with Crippen LogP contribution in [-0.4, -0.2) is 69.5 Å². The van der Waals surface area contributed by atoms with E-state index in [-0.39, 0.29) is 24.3 Å². The molecule has 0 unspecified atom stereocenters. The van der Waals surface area contributed by atoms with E-state index in [9.17, 15) is 14.0 Å². The first-order valence-corrected chi connectivity index (χ1v) is 13.7. The van der Waals surface area contributed by atoms with Crippen LogP contribution in [-0.2, 0) is 11.4 Å². The van der Waals surface area contributed by atoms with Crippen molar-refractivity contribution in [2.24, 2.45) is 0 Å². The molecule has 13 heteroatoms. The van der Waals surface area contributed by atoms with Crippen molar-refractivity contribution < 1.29 is 28.2 Å². The molecule has 1 fully saturated rings. The van der Waals surface area contributed by atoms with Crippen molar-refractivity contribution in [3.63, 3.8) is 0 Å². The van der Waals surface area contributed by atoms with Gasteiger partial charge in [0.05, 0.1) is 29.5 Å². The first-order chi connectivity index (χ1) is 20.7. The van der Waals surface area contributed by atoms with Gasteiger partial charge in [0.1, 0.15) is 30.3 Å². The highest BCUT2D eigenvalue weighted by Gasteiger charge is 2.31. The highest BCUT2D eigenvalue weighted by molar-refractivity contribution is 6.32. The van der Waals surface area contributed by atoms with Crippen LogP contribution in [0.5, 0.6) is 17.2 Å². The Morgan fingerprint density at radius 3 is 2.65 bits per heavy atom. The number of piperazine rings is 1. The van der Waals surface area contributed by atoms with E-state index >= 15 is 0 Å². The molecule has 4 aromatic rings. The van der Waals surface area contributed by atoms with Crippen LogP contribution in [0.1, 0.15) is 12.6 Å². The van der Waals surface area contributed by atoms with Gasteiger partial charge in [-0.05, 0) is 49.4 Å². The molecule has 2 aromatic carbocycles. The minimum Gasteiger partial charge on any atom is -0.493 e. The Hall–Kier alpha value is -4.97. The standard InChI is InChI=1S/C30H28ClFN6O5/c1-4-28(39)37-9-10-38(18(2)15-37)30(40)43-27-12-22-24(13-26(27)41-3)34-17-35-29(22)36-20-7-8-25(23(31)11-20)42-16-21-6-5-19(32)14-33-21/h4-8,11-14,17-18H,1,9-10,15-16H2,2-3H3,(H,34,35,36)/t18-/m1/s1. The molecule has 1 saturated heterocycles. The maximum absolute atomic E-state index is 13.2. The smallest absolute Gasteiger partial charge is 0.415 e. The fourth-order valence-corrected chi connectivity index (χ4v) is 4.82. The number of pyridine rings is 1. The summed E-state index contributed by atoms with van der Waals surface area (Å²) in [4.78, 5) is 41.0. The van der Waals surface area contributed by atoms with E-state index in [1.165, 1.54) is 31.6 Å². The number of halogens is 2. The van der Waals surface area contributed by atoms with Crippen molar-refractivity contribution in [1.29, 1.82) is 0 Å². The second-order valence-corrected chi connectivity index (χ2v) is 10.1. The summed E-state index contributed by atoms with van der Waals surface area (Å²) >= 11 is 6.46. The number of hydrogen-bond donors (Lipinski definition) is 1. The van der Waals surface area contributed by atoms with Crippen LogP contribution >= 0.6 is 11.6 Å². The quantitative estimate of drug-likeness (QED) is 0.264. The SMILES string of the molecule is C=CC(=O)N1CCN(C(=O)Oc2cc3c(Nc4ccc(OCc5ccc(F)cn5)c(Cl)c4)ncnc3cc2OC)[C@H](C)C1. The molecule has 222 valence electrons. The molecule has 2 aromatic heterocycles. The zero-order valence-electron chi connectivity index (χ0n) is 23.4. The van der Waals surface area contributed by atoms with Crippen LogP contribution in [0.4, 0.5) is 20.7 Å². The maximum atomic E-state index is 13.2. The van der Waals surface area contributed by atoms with E-state index in [1.807, 2.05) is 6.92 Å². The molecule has 1 N–H and O–H groups in total. The van der Waals surface area contributed by atoms with Gasteiger partial charge in [0.15, 0.2) is 11.5 Å². The molecular formula is C30H28ClFN6O5. The van der Waals surface area contributed by atoms with Gasteiger partial charge in [0.2, 0.25) is 5.91 Å². The van der Waals surface area contributed by atoms with E-state index in [0.717, 1.165) is 6.20 Å². The Morgan fingerprint density at radius 2 is 1.95 bits per heavy atom. The van der Waals surface area contributed by atoms with Crippen molar-refractivity contribution in [3.05, 3.63) is 84.2 Å². The van der Waals surface area contributed by atoms with E-state index in [0.29, 0.717) is 64.3 Å². The molecule has 1 atom stereocenters. The Labute approximate surface area is 251 Å². The number of amides is 2. The zero-order chi connectivity index (χ0) is 30.5. The summed E-state index contributed by atoms with van der Waals surface area (Å²) in [7, 11) is 1.47. The zero-order valence-corrected chi connectivity index (χ0v) is 24.2. The highest BCUT2D eigenvalue weighted by atomic mass is 35.5. The second-order valence-electron chi connectivity index (χ2n) is 9.67. The monoisotopic (exact) mass is 606 g/mol. The molecule has 3 heterocycles. The molecule has 43 heavy (non-hydrogen) atoms. The lowest BCUT2D eigenvalue weighted by Gasteiger charge is -2.38. The van der Waals surface area contributed by atoms with Gasteiger partial charge in [-0.15, -0.1) is 0 Å². The van der Waals surface area contributed by atoms with E-state index in [2.05, 4.69) is 26.8 Å². The number of aromatic nitrogens is 3. The van der Waals surface area contributed by atoms with Crippen molar-refractivity contribution in [2.75, 3.05) is 32.1 Å². The molecule has 0 radical (unpaired) electrons. The predicted octanol–water partition coefficient (Wildman–Crippen LogP) is 5.37. The van der Waals surface area contributed by atoms with E-state index in [1.54, 1.807) is 40.1 Å². The van der Waals surface area contributed by atoms with Gasteiger partial charge >= 0.3 is 6.09 Å². The Kier molecular flexibility index (Phi) is 8.86. The number of rotatable bonds is 8. The summed E-state index contributed by atoms with van der Waals surface area (Å²) in [6, 6.07) is 11.0. The summed E-state index contributed by atoms with van der Waals surface area (Å²) < 4.78 is 30.1. The Morgan fingerprint density at radius 1 is 1.12 bits per heavy atom. The van der Waals surface area contributed by atoms with E-state index in [4.69, 9.17) is 25.8 Å². The molecule has 2 amide bonds. The second kappa shape index (κ2) is 12.9. The first kappa shape index (κ1) is 29.5. The van der Waals surface area contributed by atoms with Gasteiger partial charge in [-0.2, -0.15) is 0 Å². The van der Waals surface area contributed by atoms with Gasteiger partial charge in [0.25, 0.3) is 0 Å². The fourth-order valence-electron chi connectivity index (χ4n) is 4.59. The fraction of sp³-hybridized carbons (Fsp3) is 0.233. The van der Waals surface area contributed by atoms with Crippen molar-refractivity contribution >= 4 is 46.0 Å². The van der Waals surface area contributed by atoms with Crippen LogP contribution in [0.2, 0.25) is 5.02 Å². The summed E-state index contributed by atoms with van der Waals surface area (Å²) in [6.45, 7) is 6.54. The van der Waals surface area contributed by atoms with Crippen LogP contribution in [0.25, 0.3) is 10.9 Å². The number of methoxy groups -OCH3 is 1. The summed E-state index contributed by atoms with van der Waals surface area (Å²) in [5.41, 5.74) is 1.72. The summed E-state index contributed by atoms with van der Waals surface area (Å²) in [5.74, 6) is 0.764. The Bertz CT molecular complexity index is 1670. The van der Waals surface area contributed by atoms with Crippen LogP contribution in [0.3, 0.4) is 0 Å². The lowest BCUT2D eigenvalue weighted by molar-refractivity contribution is -0.128. The van der Waals surface area contributed by atoms with Gasteiger partial charge < -0.3 is 29.3 Å². The lowest BCUT2D eigenvalue weighted by Crippen LogP contribution is -2.55. The van der Waals surface area contributed by atoms with Gasteiger partial charge in [0, 0.05) is 42.8 Å². The van der Waals surface area contributed by atoms with Crippen molar-refractivity contribution in [2.45, 2.75) is 19.6 Å². The van der Waals surface area contributed by atoms with Gasteiger partial charge in [-0.1, -0.05) is 18.2 Å². The number of nitrogens with one attached hydrogen (secondary N) is 1. The minimum atomic E-state index is -0.569. The topological polar surface area (TPSA) is 119 Å². The molecule has 1 aliphatic rings. The molecular weight excluding hydrogens is 579 g/mol. The van der Waals surface area contributed by atoms with Gasteiger partial charge in [-0.3, -0.25) is 9.78 Å². The summed E-state index contributed by atoms with van der Waals surface area (Å²) in [6.07, 6.45) is 3.21. The molecule has 0 saturated carbocycles. The number of nitrogens with zero attached hydrogens (tertiary/aromatic N) is 5. The third-order valence-corrected chi connectivity index (χ3v) is 7.12. The number of hydrogen-bond acceptors (Lipinski definition) is 9. The van der Waals surface area contributed by atoms with Crippen LogP contribution in [0, 0.1) is 5.82 Å². The highest BCUT2D eigenvalue weighted by Crippen LogP contribution is 2.36. The maximum Gasteiger partial charge on any atom is 0.415 e. The molecule has 1 aliphatic heterocycles. The number of benzene rings is 2. The average molecular weight is 607 g/mol. The minimum absolute atomic E-state index is 0.119. The first-order valence-electron chi connectivity index (χ1n) is 13.3. The molecule has 0 bridgehead atoms. The predicted molar refractivity (Wildman–Crippen MR) is 158 cm³/mol. The summed E-state index contributed by atoms with van der Waals surface area (Å²) in [5, 5.41) is 4.13. The lowest BCUT2D eigenvalue weighted by atomic mass is 10.2. The van der Waals surface area contributed by atoms with Crippen molar-refractivity contribution in [3.8, 4) is 17.2 Å². The average Bonchev–Trinajstić information content (AvgIpc) is 3.01. The van der Waals surface area contributed by atoms with Gasteiger partial charge in [-0.25, -0.2) is 19.2 Å². The molecule has 5 rings (SSSR count). The third-order valence-electron chi connectivity index (χ3n) is 6.83. The normalized spacial score (nSPS) is 14.7. The van der Waals surface area contributed by atoms with Crippen LogP contribution in [0.15, 0.2) is 67.6 Å². The Balaban J connectivity index is 1.33. The molecule has 0 spiro atoms. The number of ether oxygens (including phenoxy) is 3. The largest absolute Gasteiger partial charge is 0.493 e. The molecule has 0 aliphatic carbocycles. The van der Waals surface area contributed by atoms with Crippen molar-refractivity contribution in [1.82, 2.24) is 24.8 Å². The van der Waals surface area contributed by atoms with Crippen LogP contribution < -0.4 is 19.5 Å². The number of fused-ring (bicyclic) bond motifs is 1. The number of carbonyl (C=O) groups is 2. The third kappa shape index (κ3) is 6.75. The number of anilines is 2. The van der Waals surface area contributed by atoms with E-state index < -0.39 is 11.9 Å². The number of carbonyl (C=O) groups excluding carboxylic acids is 2.